The van der Waals surface area contributed by atoms with E-state index in [-0.39, 0.29) is 41.7 Å². The minimum absolute atomic E-state index is 0.0670. The number of halogens is 2. The van der Waals surface area contributed by atoms with Gasteiger partial charge in [0, 0.05) is 5.56 Å². The number of hydroxylamine groups is 2. The first-order valence-corrected chi connectivity index (χ1v) is 9.42. The number of alkyl halides is 2. The number of sulfone groups is 1. The predicted molar refractivity (Wildman–Crippen MR) is 86.3 cm³/mol. The van der Waals surface area contributed by atoms with Gasteiger partial charge in [0.15, 0.2) is 9.84 Å². The van der Waals surface area contributed by atoms with Crippen molar-refractivity contribution in [3.8, 4) is 17.0 Å². The molecule has 1 aromatic carbocycles. The van der Waals surface area contributed by atoms with Crippen LogP contribution in [0.1, 0.15) is 10.4 Å². The van der Waals surface area contributed by atoms with Gasteiger partial charge in [0.25, 0.3) is 5.91 Å². The van der Waals surface area contributed by atoms with Crippen molar-refractivity contribution >= 4 is 15.7 Å². The zero-order chi connectivity index (χ0) is 18.7. The lowest BCUT2D eigenvalue weighted by Gasteiger charge is -2.18. The van der Waals surface area contributed by atoms with Crippen molar-refractivity contribution in [3.63, 3.8) is 0 Å². The summed E-state index contributed by atoms with van der Waals surface area (Å²) < 4.78 is 52.4. The SMILES string of the molecule is O=C(c1cn[nH]c1-c1cccc(OC(F)F)c1)N1CCS(=O)(=O)CCO1. The van der Waals surface area contributed by atoms with Crippen LogP contribution in [-0.4, -0.2) is 60.9 Å². The van der Waals surface area contributed by atoms with E-state index in [1.165, 1.54) is 24.4 Å². The van der Waals surface area contributed by atoms with E-state index >= 15 is 0 Å². The molecule has 1 fully saturated rings. The molecule has 0 bridgehead atoms. The number of carbonyl (C=O) groups excluding carboxylic acids is 1. The van der Waals surface area contributed by atoms with Crippen LogP contribution in [0.3, 0.4) is 0 Å². The highest BCUT2D eigenvalue weighted by Crippen LogP contribution is 2.27. The first-order valence-electron chi connectivity index (χ1n) is 7.59. The molecule has 26 heavy (non-hydrogen) atoms. The van der Waals surface area contributed by atoms with E-state index in [2.05, 4.69) is 14.9 Å². The molecule has 1 saturated heterocycles. The summed E-state index contributed by atoms with van der Waals surface area (Å²) in [6.45, 7) is -3.21. The second-order valence-electron chi connectivity index (χ2n) is 5.46. The monoisotopic (exact) mass is 387 g/mol. The van der Waals surface area contributed by atoms with Crippen LogP contribution in [0.15, 0.2) is 30.5 Å². The summed E-state index contributed by atoms with van der Waals surface area (Å²) in [7, 11) is -3.26. The maximum Gasteiger partial charge on any atom is 0.387 e. The first kappa shape index (κ1) is 18.3. The van der Waals surface area contributed by atoms with Crippen LogP contribution >= 0.6 is 0 Å². The van der Waals surface area contributed by atoms with Gasteiger partial charge in [-0.25, -0.2) is 13.5 Å². The van der Waals surface area contributed by atoms with Gasteiger partial charge >= 0.3 is 6.61 Å². The number of hydrogen-bond donors (Lipinski definition) is 1. The Morgan fingerprint density at radius 2 is 2.15 bits per heavy atom. The van der Waals surface area contributed by atoms with Gasteiger partial charge in [-0.3, -0.25) is 14.7 Å². The number of hydrogen-bond acceptors (Lipinski definition) is 6. The first-order chi connectivity index (χ1) is 12.4. The fourth-order valence-electron chi connectivity index (χ4n) is 2.45. The fourth-order valence-corrected chi connectivity index (χ4v) is 3.43. The number of ether oxygens (including phenoxy) is 1. The lowest BCUT2D eigenvalue weighted by molar-refractivity contribution is -0.111. The summed E-state index contributed by atoms with van der Waals surface area (Å²) in [6, 6.07) is 5.79. The third kappa shape index (κ3) is 4.17. The lowest BCUT2D eigenvalue weighted by atomic mass is 10.1. The lowest BCUT2D eigenvalue weighted by Crippen LogP contribution is -2.33. The number of amides is 1. The Morgan fingerprint density at radius 1 is 1.35 bits per heavy atom. The molecule has 0 saturated carbocycles. The van der Waals surface area contributed by atoms with Gasteiger partial charge in [0.05, 0.1) is 42.1 Å². The van der Waals surface area contributed by atoms with Crippen molar-refractivity contribution in [2.24, 2.45) is 0 Å². The summed E-state index contributed by atoms with van der Waals surface area (Å²) in [5.41, 5.74) is 0.815. The van der Waals surface area contributed by atoms with Gasteiger partial charge in [-0.15, -0.1) is 0 Å². The number of H-pyrrole nitrogens is 1. The van der Waals surface area contributed by atoms with Crippen LogP contribution in [0.4, 0.5) is 8.78 Å². The minimum atomic E-state index is -3.26. The van der Waals surface area contributed by atoms with Gasteiger partial charge in [0.2, 0.25) is 0 Å². The van der Waals surface area contributed by atoms with E-state index in [1.54, 1.807) is 6.07 Å². The Hall–Kier alpha value is -2.53. The van der Waals surface area contributed by atoms with Crippen molar-refractivity contribution < 1.29 is 31.6 Å². The third-order valence-corrected chi connectivity index (χ3v) is 5.28. The molecule has 0 aliphatic carbocycles. The van der Waals surface area contributed by atoms with Crippen molar-refractivity contribution in [2.75, 3.05) is 24.7 Å². The molecule has 1 N–H and O–H groups in total. The number of benzene rings is 1. The van der Waals surface area contributed by atoms with E-state index in [1.807, 2.05) is 0 Å². The fraction of sp³-hybridized carbons (Fsp3) is 0.333. The van der Waals surface area contributed by atoms with Crippen molar-refractivity contribution in [1.29, 1.82) is 0 Å². The normalized spacial score (nSPS) is 17.1. The topological polar surface area (TPSA) is 102 Å². The molecule has 2 aromatic rings. The van der Waals surface area contributed by atoms with Crippen molar-refractivity contribution in [1.82, 2.24) is 15.3 Å². The summed E-state index contributed by atoms with van der Waals surface area (Å²) in [4.78, 5) is 17.9. The Bertz CT molecular complexity index is 900. The summed E-state index contributed by atoms with van der Waals surface area (Å²) >= 11 is 0. The molecule has 1 aromatic heterocycles. The van der Waals surface area contributed by atoms with Crippen LogP contribution in [0.25, 0.3) is 11.3 Å². The van der Waals surface area contributed by atoms with Crippen LogP contribution in [-0.2, 0) is 14.7 Å². The van der Waals surface area contributed by atoms with Gasteiger partial charge in [0.1, 0.15) is 5.75 Å². The average molecular weight is 387 g/mol. The molecule has 3 rings (SSSR count). The molecule has 0 spiro atoms. The maximum atomic E-state index is 12.7. The van der Waals surface area contributed by atoms with Crippen LogP contribution in [0.5, 0.6) is 5.75 Å². The van der Waals surface area contributed by atoms with E-state index in [0.717, 1.165) is 5.06 Å². The van der Waals surface area contributed by atoms with E-state index in [0.29, 0.717) is 5.56 Å². The molecule has 1 amide bonds. The molecule has 2 heterocycles. The Kier molecular flexibility index (Phi) is 5.18. The zero-order valence-electron chi connectivity index (χ0n) is 13.4. The number of nitrogens with one attached hydrogen (secondary N) is 1. The number of nitrogens with zero attached hydrogens (tertiary/aromatic N) is 2. The van der Waals surface area contributed by atoms with Crippen molar-refractivity contribution in [2.45, 2.75) is 6.61 Å². The van der Waals surface area contributed by atoms with E-state index in [4.69, 9.17) is 4.84 Å². The molecule has 140 valence electrons. The second-order valence-corrected chi connectivity index (χ2v) is 7.76. The number of carbonyl (C=O) groups is 1. The zero-order valence-corrected chi connectivity index (χ0v) is 14.2. The van der Waals surface area contributed by atoms with E-state index in [9.17, 15) is 22.0 Å². The number of aromatic nitrogens is 2. The summed E-state index contributed by atoms with van der Waals surface area (Å²) in [6.07, 6.45) is 1.26. The quantitative estimate of drug-likeness (QED) is 0.853. The number of rotatable bonds is 4. The van der Waals surface area contributed by atoms with Crippen molar-refractivity contribution in [3.05, 3.63) is 36.0 Å². The Morgan fingerprint density at radius 3 is 2.92 bits per heavy atom. The summed E-state index contributed by atoms with van der Waals surface area (Å²) in [5.74, 6) is -1.01. The molecule has 1 aliphatic heterocycles. The molecule has 0 unspecified atom stereocenters. The predicted octanol–water partition coefficient (Wildman–Crippen LogP) is 1.48. The highest BCUT2D eigenvalue weighted by molar-refractivity contribution is 7.91. The maximum absolute atomic E-state index is 12.7. The molecule has 0 radical (unpaired) electrons. The molecule has 0 atom stereocenters. The highest BCUT2D eigenvalue weighted by Gasteiger charge is 2.27. The standard InChI is InChI=1S/C15H15F2N3O5S/c16-15(17)25-11-3-1-2-10(8-11)13-12(9-18-19-13)14(21)20-4-6-26(22,23)7-5-24-20/h1-3,8-9,15H,4-7H2,(H,18,19). The molecular formula is C15H15F2N3O5S. The van der Waals surface area contributed by atoms with Gasteiger partial charge in [-0.05, 0) is 12.1 Å². The molecule has 1 aliphatic rings. The Labute approximate surface area is 147 Å². The van der Waals surface area contributed by atoms with E-state index < -0.39 is 22.4 Å². The molecular weight excluding hydrogens is 372 g/mol. The Balaban J connectivity index is 1.85. The van der Waals surface area contributed by atoms with Crippen LogP contribution in [0, 0.1) is 0 Å². The van der Waals surface area contributed by atoms with Gasteiger partial charge < -0.3 is 4.74 Å². The highest BCUT2D eigenvalue weighted by atomic mass is 32.2. The van der Waals surface area contributed by atoms with Gasteiger partial charge in [-0.2, -0.15) is 13.9 Å². The number of aromatic amines is 1. The largest absolute Gasteiger partial charge is 0.435 e. The third-order valence-electron chi connectivity index (χ3n) is 3.69. The second kappa shape index (κ2) is 7.38. The average Bonchev–Trinajstić information content (AvgIpc) is 2.99. The van der Waals surface area contributed by atoms with Crippen LogP contribution in [0.2, 0.25) is 0 Å². The molecule has 11 heteroatoms. The van der Waals surface area contributed by atoms with Gasteiger partial charge in [-0.1, -0.05) is 12.1 Å². The summed E-state index contributed by atoms with van der Waals surface area (Å²) in [5, 5.41) is 7.43. The molecule has 8 nitrogen and oxygen atoms in total. The minimum Gasteiger partial charge on any atom is -0.435 e. The smallest absolute Gasteiger partial charge is 0.387 e. The van der Waals surface area contributed by atoms with Crippen LogP contribution < -0.4 is 4.74 Å².